The number of nitrogens with zero attached hydrogens (tertiary/aromatic N) is 1. The van der Waals surface area contributed by atoms with E-state index in [4.69, 9.17) is 0 Å². The van der Waals surface area contributed by atoms with Crippen LogP contribution < -0.4 is 0 Å². The van der Waals surface area contributed by atoms with E-state index in [0.29, 0.717) is 0 Å². The van der Waals surface area contributed by atoms with Crippen LogP contribution in [0.25, 0.3) is 0 Å². The number of aliphatic imine (C=N–C) groups is 1. The number of rotatable bonds is 2. The van der Waals surface area contributed by atoms with Gasteiger partial charge in [0, 0.05) is 12.6 Å². The molecule has 11 heavy (non-hydrogen) atoms. The molecule has 0 N–H and O–H groups in total. The summed E-state index contributed by atoms with van der Waals surface area (Å²) in [6, 6.07) is 0. The zero-order valence-corrected chi connectivity index (χ0v) is 7.09. The molecule has 0 saturated heterocycles. The standard InChI is InChI=1S/C10H13N/c1-3-5-7-10(4-2)8-6-9-11-10/h6,8-9H,4,7H2,1-2H3. The first kappa shape index (κ1) is 8.07. The van der Waals surface area contributed by atoms with Gasteiger partial charge in [0.05, 0.1) is 5.54 Å². The third-order valence-electron chi connectivity index (χ3n) is 2.01. The normalized spacial score (nSPS) is 26.7. The second-order valence-corrected chi connectivity index (χ2v) is 2.70. The number of allylic oxidation sites excluding steroid dienone is 1. The van der Waals surface area contributed by atoms with Gasteiger partial charge >= 0.3 is 0 Å². The second-order valence-electron chi connectivity index (χ2n) is 2.70. The molecule has 1 atom stereocenters. The van der Waals surface area contributed by atoms with Crippen LogP contribution in [0.1, 0.15) is 26.7 Å². The van der Waals surface area contributed by atoms with Crippen LogP contribution in [0, 0.1) is 11.8 Å². The van der Waals surface area contributed by atoms with E-state index in [0.717, 1.165) is 12.8 Å². The lowest BCUT2D eigenvalue weighted by Gasteiger charge is -2.18. The summed E-state index contributed by atoms with van der Waals surface area (Å²) < 4.78 is 0. The average molecular weight is 147 g/mol. The summed E-state index contributed by atoms with van der Waals surface area (Å²) in [5.41, 5.74) is 0.00299. The van der Waals surface area contributed by atoms with Crippen molar-refractivity contribution in [3.05, 3.63) is 12.2 Å². The first-order chi connectivity index (χ1) is 5.33. The molecule has 1 rings (SSSR count). The molecule has 1 aliphatic rings. The van der Waals surface area contributed by atoms with Crippen molar-refractivity contribution in [2.45, 2.75) is 32.2 Å². The van der Waals surface area contributed by atoms with Gasteiger partial charge in [0.2, 0.25) is 0 Å². The van der Waals surface area contributed by atoms with E-state index in [1.54, 1.807) is 0 Å². The minimum absolute atomic E-state index is 0.00299. The molecule has 0 saturated carbocycles. The Bertz CT molecular complexity index is 225. The van der Waals surface area contributed by atoms with E-state index in [1.165, 1.54) is 0 Å². The molecular formula is C10H13N. The van der Waals surface area contributed by atoms with E-state index in [9.17, 15) is 0 Å². The Morgan fingerprint density at radius 3 is 2.82 bits per heavy atom. The smallest absolute Gasteiger partial charge is 0.0897 e. The van der Waals surface area contributed by atoms with Gasteiger partial charge < -0.3 is 0 Å². The molecule has 58 valence electrons. The van der Waals surface area contributed by atoms with Crippen LogP contribution in [0.3, 0.4) is 0 Å². The van der Waals surface area contributed by atoms with E-state index in [1.807, 2.05) is 19.2 Å². The average Bonchev–Trinajstić information content (AvgIpc) is 2.50. The molecule has 0 spiro atoms. The topological polar surface area (TPSA) is 12.4 Å². The Morgan fingerprint density at radius 2 is 2.36 bits per heavy atom. The fourth-order valence-electron chi connectivity index (χ4n) is 1.14. The van der Waals surface area contributed by atoms with Crippen LogP contribution in [-0.2, 0) is 0 Å². The van der Waals surface area contributed by atoms with Gasteiger partial charge in [0.1, 0.15) is 0 Å². The van der Waals surface area contributed by atoms with E-state index < -0.39 is 0 Å². The summed E-state index contributed by atoms with van der Waals surface area (Å²) in [4.78, 5) is 4.38. The molecule has 0 aromatic rings. The Morgan fingerprint density at radius 1 is 1.55 bits per heavy atom. The molecule has 0 fully saturated rings. The third-order valence-corrected chi connectivity index (χ3v) is 2.01. The molecule has 1 nitrogen and oxygen atoms in total. The summed E-state index contributed by atoms with van der Waals surface area (Å²) in [6.45, 7) is 4.01. The Kier molecular flexibility index (Phi) is 2.48. The summed E-state index contributed by atoms with van der Waals surface area (Å²) in [7, 11) is 0. The Hall–Kier alpha value is -1.03. The zero-order valence-electron chi connectivity index (χ0n) is 7.09. The van der Waals surface area contributed by atoms with Crippen molar-refractivity contribution in [1.82, 2.24) is 0 Å². The summed E-state index contributed by atoms with van der Waals surface area (Å²) in [6.07, 6.45) is 7.89. The highest BCUT2D eigenvalue weighted by Crippen LogP contribution is 2.24. The summed E-state index contributed by atoms with van der Waals surface area (Å²) in [5.74, 6) is 5.96. The van der Waals surface area contributed by atoms with Crippen LogP contribution in [0.4, 0.5) is 0 Å². The number of hydrogen-bond acceptors (Lipinski definition) is 1. The third kappa shape index (κ3) is 1.71. The largest absolute Gasteiger partial charge is 0.281 e. The monoisotopic (exact) mass is 147 g/mol. The van der Waals surface area contributed by atoms with Gasteiger partial charge in [-0.2, -0.15) is 0 Å². The maximum Gasteiger partial charge on any atom is 0.0897 e. The van der Waals surface area contributed by atoms with E-state index in [2.05, 4.69) is 29.8 Å². The first-order valence-corrected chi connectivity index (χ1v) is 3.95. The lowest BCUT2D eigenvalue weighted by Crippen LogP contribution is -2.19. The maximum atomic E-state index is 4.38. The molecule has 1 unspecified atom stereocenters. The predicted octanol–water partition coefficient (Wildman–Crippen LogP) is 2.19. The summed E-state index contributed by atoms with van der Waals surface area (Å²) >= 11 is 0. The van der Waals surface area contributed by atoms with E-state index >= 15 is 0 Å². The van der Waals surface area contributed by atoms with Gasteiger partial charge in [-0.3, -0.25) is 4.99 Å². The van der Waals surface area contributed by atoms with Crippen molar-refractivity contribution >= 4 is 6.21 Å². The lowest BCUT2D eigenvalue weighted by atomic mass is 9.94. The molecule has 1 heterocycles. The van der Waals surface area contributed by atoms with Crippen molar-refractivity contribution in [2.75, 3.05) is 0 Å². The first-order valence-electron chi connectivity index (χ1n) is 3.95. The quantitative estimate of drug-likeness (QED) is 0.531. The van der Waals surface area contributed by atoms with Crippen molar-refractivity contribution in [2.24, 2.45) is 4.99 Å². The van der Waals surface area contributed by atoms with Gasteiger partial charge in [-0.1, -0.05) is 13.0 Å². The van der Waals surface area contributed by atoms with Crippen molar-refractivity contribution < 1.29 is 0 Å². The fourth-order valence-corrected chi connectivity index (χ4v) is 1.14. The van der Waals surface area contributed by atoms with Gasteiger partial charge in [-0.15, -0.1) is 11.8 Å². The minimum atomic E-state index is 0.00299. The minimum Gasteiger partial charge on any atom is -0.281 e. The SMILES string of the molecule is CC#CCC1(CC)C=CC=N1. The summed E-state index contributed by atoms with van der Waals surface area (Å²) in [5, 5.41) is 0. The second kappa shape index (κ2) is 3.39. The molecule has 1 heteroatoms. The van der Waals surface area contributed by atoms with Crippen LogP contribution in [-0.4, -0.2) is 11.8 Å². The molecule has 0 radical (unpaired) electrons. The highest BCUT2D eigenvalue weighted by atomic mass is 14.9. The predicted molar refractivity (Wildman–Crippen MR) is 48.7 cm³/mol. The Labute approximate surface area is 68.2 Å². The maximum absolute atomic E-state index is 4.38. The lowest BCUT2D eigenvalue weighted by molar-refractivity contribution is 0.537. The molecule has 0 aromatic heterocycles. The van der Waals surface area contributed by atoms with Gasteiger partial charge in [0.25, 0.3) is 0 Å². The van der Waals surface area contributed by atoms with Gasteiger partial charge in [0.15, 0.2) is 0 Å². The van der Waals surface area contributed by atoms with Crippen LogP contribution >= 0.6 is 0 Å². The van der Waals surface area contributed by atoms with Gasteiger partial charge in [-0.25, -0.2) is 0 Å². The van der Waals surface area contributed by atoms with E-state index in [-0.39, 0.29) is 5.54 Å². The molecular weight excluding hydrogens is 134 g/mol. The fraction of sp³-hybridized carbons (Fsp3) is 0.500. The van der Waals surface area contributed by atoms with Crippen molar-refractivity contribution in [3.63, 3.8) is 0 Å². The van der Waals surface area contributed by atoms with Crippen LogP contribution in [0.5, 0.6) is 0 Å². The molecule has 0 aliphatic carbocycles. The van der Waals surface area contributed by atoms with Gasteiger partial charge in [-0.05, 0) is 19.4 Å². The highest BCUT2D eigenvalue weighted by Gasteiger charge is 2.23. The van der Waals surface area contributed by atoms with Crippen molar-refractivity contribution in [1.29, 1.82) is 0 Å². The zero-order chi connectivity index (χ0) is 8.16. The number of hydrogen-bond donors (Lipinski definition) is 0. The van der Waals surface area contributed by atoms with Crippen LogP contribution in [0.15, 0.2) is 17.1 Å². The molecule has 1 aliphatic heterocycles. The molecule has 0 amide bonds. The highest BCUT2D eigenvalue weighted by molar-refractivity contribution is 5.75. The van der Waals surface area contributed by atoms with Crippen molar-refractivity contribution in [3.8, 4) is 11.8 Å². The van der Waals surface area contributed by atoms with Crippen LogP contribution in [0.2, 0.25) is 0 Å². The Balaban J connectivity index is 2.66. The molecule has 0 aromatic carbocycles. The molecule has 0 bridgehead atoms.